The molecular formula is C12H18ClNO2S. The molecule has 1 atom stereocenters. The molecule has 0 aliphatic carbocycles. The molecule has 0 bridgehead atoms. The van der Waals surface area contributed by atoms with Gasteiger partial charge in [-0.3, -0.25) is 0 Å². The van der Waals surface area contributed by atoms with Gasteiger partial charge in [-0.15, -0.1) is 11.6 Å². The molecule has 0 saturated heterocycles. The van der Waals surface area contributed by atoms with Gasteiger partial charge in [0, 0.05) is 19.5 Å². The lowest BCUT2D eigenvalue weighted by Gasteiger charge is -2.20. The summed E-state index contributed by atoms with van der Waals surface area (Å²) in [5.74, 6) is 0.123. The van der Waals surface area contributed by atoms with Crippen LogP contribution in [0.1, 0.15) is 12.5 Å². The second-order valence-electron chi connectivity index (χ2n) is 4.07. The molecule has 0 heterocycles. The second kappa shape index (κ2) is 6.38. The van der Waals surface area contributed by atoms with Crippen molar-refractivity contribution in [2.75, 3.05) is 19.5 Å². The average molecular weight is 276 g/mol. The highest BCUT2D eigenvalue weighted by Gasteiger charge is 2.24. The van der Waals surface area contributed by atoms with Crippen LogP contribution in [-0.4, -0.2) is 37.4 Å². The standard InChI is InChI=1S/C12H18ClNO2S/c1-11(10-13)17(15,16)14(2)9-8-12-6-4-3-5-7-12/h3-7,11H,8-10H2,1-2H3. The molecule has 0 spiro atoms. The van der Waals surface area contributed by atoms with E-state index >= 15 is 0 Å². The van der Waals surface area contributed by atoms with E-state index in [1.165, 1.54) is 4.31 Å². The van der Waals surface area contributed by atoms with Crippen LogP contribution in [0.3, 0.4) is 0 Å². The average Bonchev–Trinajstić information content (AvgIpc) is 2.35. The summed E-state index contributed by atoms with van der Waals surface area (Å²) in [5.41, 5.74) is 1.13. The van der Waals surface area contributed by atoms with Gasteiger partial charge in [-0.2, -0.15) is 0 Å². The SMILES string of the molecule is CC(CCl)S(=O)(=O)N(C)CCc1ccccc1. The smallest absolute Gasteiger partial charge is 0.212 e. The van der Waals surface area contributed by atoms with Crippen LogP contribution in [0.5, 0.6) is 0 Å². The molecule has 1 rings (SSSR count). The molecule has 5 heteroatoms. The molecule has 0 amide bonds. The third-order valence-electron chi connectivity index (χ3n) is 2.72. The van der Waals surface area contributed by atoms with E-state index in [9.17, 15) is 8.42 Å². The van der Waals surface area contributed by atoms with Crippen LogP contribution in [0.15, 0.2) is 30.3 Å². The van der Waals surface area contributed by atoms with Gasteiger partial charge < -0.3 is 0 Å². The summed E-state index contributed by atoms with van der Waals surface area (Å²) >= 11 is 5.59. The number of hydrogen-bond donors (Lipinski definition) is 0. The first kappa shape index (κ1) is 14.5. The molecule has 0 saturated carbocycles. The largest absolute Gasteiger partial charge is 0.217 e. The Balaban J connectivity index is 2.59. The summed E-state index contributed by atoms with van der Waals surface area (Å²) in [4.78, 5) is 0. The highest BCUT2D eigenvalue weighted by Crippen LogP contribution is 2.10. The molecule has 0 fully saturated rings. The normalized spacial score (nSPS) is 13.9. The number of hydrogen-bond acceptors (Lipinski definition) is 2. The van der Waals surface area contributed by atoms with Gasteiger partial charge >= 0.3 is 0 Å². The Labute approximate surface area is 108 Å². The second-order valence-corrected chi connectivity index (χ2v) is 6.83. The van der Waals surface area contributed by atoms with Crippen LogP contribution in [0.4, 0.5) is 0 Å². The van der Waals surface area contributed by atoms with Crippen molar-refractivity contribution in [2.45, 2.75) is 18.6 Å². The Morgan fingerprint density at radius 1 is 1.29 bits per heavy atom. The summed E-state index contributed by atoms with van der Waals surface area (Å²) in [6.07, 6.45) is 0.714. The van der Waals surface area contributed by atoms with Gasteiger partial charge in [-0.05, 0) is 18.9 Å². The molecule has 0 aliphatic heterocycles. The van der Waals surface area contributed by atoms with E-state index in [4.69, 9.17) is 11.6 Å². The Morgan fingerprint density at radius 2 is 1.88 bits per heavy atom. The number of nitrogens with zero attached hydrogens (tertiary/aromatic N) is 1. The minimum absolute atomic E-state index is 0.123. The van der Waals surface area contributed by atoms with Crippen LogP contribution in [0.25, 0.3) is 0 Å². The molecule has 0 radical (unpaired) electrons. The first-order valence-corrected chi connectivity index (χ1v) is 7.57. The summed E-state index contributed by atoms with van der Waals surface area (Å²) < 4.78 is 25.2. The third kappa shape index (κ3) is 3.98. The highest BCUT2D eigenvalue weighted by atomic mass is 35.5. The van der Waals surface area contributed by atoms with Gasteiger partial charge in [0.1, 0.15) is 0 Å². The number of sulfonamides is 1. The minimum Gasteiger partial charge on any atom is -0.212 e. The first-order valence-electron chi connectivity index (χ1n) is 5.53. The van der Waals surface area contributed by atoms with Crippen molar-refractivity contribution in [1.82, 2.24) is 4.31 Å². The maximum atomic E-state index is 11.9. The topological polar surface area (TPSA) is 37.4 Å². The van der Waals surface area contributed by atoms with Crippen molar-refractivity contribution in [3.63, 3.8) is 0 Å². The molecule has 1 aromatic rings. The Hall–Kier alpha value is -0.580. The lowest BCUT2D eigenvalue weighted by molar-refractivity contribution is 0.466. The maximum absolute atomic E-state index is 11.9. The number of likely N-dealkylation sites (N-methyl/N-ethyl adjacent to an activating group) is 1. The van der Waals surface area contributed by atoms with Gasteiger partial charge in [-0.25, -0.2) is 12.7 Å². The zero-order valence-electron chi connectivity index (χ0n) is 10.1. The summed E-state index contributed by atoms with van der Waals surface area (Å²) in [5, 5.41) is -0.537. The van der Waals surface area contributed by atoms with Crippen molar-refractivity contribution in [1.29, 1.82) is 0 Å². The van der Waals surface area contributed by atoms with Crippen LogP contribution >= 0.6 is 11.6 Å². The summed E-state index contributed by atoms with van der Waals surface area (Å²) in [6.45, 7) is 2.11. The van der Waals surface area contributed by atoms with E-state index in [2.05, 4.69) is 0 Å². The van der Waals surface area contributed by atoms with Crippen LogP contribution in [-0.2, 0) is 16.4 Å². The highest BCUT2D eigenvalue weighted by molar-refractivity contribution is 7.89. The van der Waals surface area contributed by atoms with E-state index in [1.54, 1.807) is 14.0 Å². The molecule has 0 aliphatic rings. The number of benzene rings is 1. The van der Waals surface area contributed by atoms with Gasteiger partial charge in [0.15, 0.2) is 0 Å². The van der Waals surface area contributed by atoms with Crippen molar-refractivity contribution in [3.8, 4) is 0 Å². The predicted octanol–water partition coefficient (Wildman–Crippen LogP) is 2.12. The Morgan fingerprint density at radius 3 is 2.41 bits per heavy atom. The molecule has 96 valence electrons. The van der Waals surface area contributed by atoms with Crippen molar-refractivity contribution in [2.24, 2.45) is 0 Å². The number of rotatable bonds is 6. The van der Waals surface area contributed by atoms with Gasteiger partial charge in [0.2, 0.25) is 10.0 Å². The molecule has 17 heavy (non-hydrogen) atoms. The number of halogens is 1. The fourth-order valence-electron chi connectivity index (χ4n) is 1.45. The van der Waals surface area contributed by atoms with Crippen LogP contribution < -0.4 is 0 Å². The monoisotopic (exact) mass is 275 g/mol. The van der Waals surface area contributed by atoms with Crippen LogP contribution in [0.2, 0.25) is 0 Å². The van der Waals surface area contributed by atoms with E-state index in [0.717, 1.165) is 5.56 Å². The van der Waals surface area contributed by atoms with Gasteiger partial charge in [-0.1, -0.05) is 30.3 Å². The van der Waals surface area contributed by atoms with E-state index in [0.29, 0.717) is 13.0 Å². The van der Waals surface area contributed by atoms with Gasteiger partial charge in [0.05, 0.1) is 5.25 Å². The Bertz CT molecular complexity index is 433. The first-order chi connectivity index (χ1) is 7.98. The third-order valence-corrected chi connectivity index (χ3v) is 5.60. The van der Waals surface area contributed by atoms with Crippen molar-refractivity contribution < 1.29 is 8.42 Å². The minimum atomic E-state index is -3.26. The van der Waals surface area contributed by atoms with Crippen molar-refractivity contribution in [3.05, 3.63) is 35.9 Å². The maximum Gasteiger partial charge on any atom is 0.217 e. The fraction of sp³-hybridized carbons (Fsp3) is 0.500. The van der Waals surface area contributed by atoms with E-state index in [1.807, 2.05) is 30.3 Å². The number of alkyl halides is 1. The van der Waals surface area contributed by atoms with E-state index in [-0.39, 0.29) is 5.88 Å². The predicted molar refractivity (Wildman–Crippen MR) is 71.9 cm³/mol. The van der Waals surface area contributed by atoms with Crippen LogP contribution in [0, 0.1) is 0 Å². The quantitative estimate of drug-likeness (QED) is 0.746. The van der Waals surface area contributed by atoms with Crippen molar-refractivity contribution >= 4 is 21.6 Å². The molecule has 1 aromatic carbocycles. The lowest BCUT2D eigenvalue weighted by Crippen LogP contribution is -2.36. The molecule has 3 nitrogen and oxygen atoms in total. The Kier molecular flexibility index (Phi) is 5.43. The summed E-state index contributed by atoms with van der Waals surface area (Å²) in [7, 11) is -1.66. The zero-order valence-corrected chi connectivity index (χ0v) is 11.7. The van der Waals surface area contributed by atoms with Gasteiger partial charge in [0.25, 0.3) is 0 Å². The molecule has 1 unspecified atom stereocenters. The lowest BCUT2D eigenvalue weighted by atomic mass is 10.2. The fourth-order valence-corrected chi connectivity index (χ4v) is 3.04. The van der Waals surface area contributed by atoms with E-state index < -0.39 is 15.3 Å². The molecule has 0 aromatic heterocycles. The summed E-state index contributed by atoms with van der Waals surface area (Å²) in [6, 6.07) is 9.83. The molecule has 0 N–H and O–H groups in total. The zero-order chi connectivity index (χ0) is 12.9. The molecular weight excluding hydrogens is 258 g/mol.